The molecule has 50 valence electrons. The normalized spacial score (nSPS) is 13.9. The van der Waals surface area contributed by atoms with Crippen LogP contribution in [-0.4, -0.2) is 4.43 Å². The Morgan fingerprint density at radius 1 is 1.38 bits per heavy atom. The predicted molar refractivity (Wildman–Crippen MR) is 47.6 cm³/mol. The lowest BCUT2D eigenvalue weighted by Gasteiger charge is -2.04. The Bertz CT molecular complexity index is 37.7. The van der Waals surface area contributed by atoms with Crippen LogP contribution in [0.1, 0.15) is 33.1 Å². The fourth-order valence-corrected chi connectivity index (χ4v) is 1.89. The summed E-state index contributed by atoms with van der Waals surface area (Å²) in [6, 6.07) is 0. The molecule has 0 unspecified atom stereocenters. The van der Waals surface area contributed by atoms with Crippen LogP contribution in [-0.2, 0) is 0 Å². The van der Waals surface area contributed by atoms with E-state index in [0.29, 0.717) is 0 Å². The smallest absolute Gasteiger partial charge is 0.000219 e. The summed E-state index contributed by atoms with van der Waals surface area (Å²) in [5.41, 5.74) is 0. The molecule has 1 atom stereocenters. The first kappa shape index (κ1) is 8.73. The lowest BCUT2D eigenvalue weighted by molar-refractivity contribution is 0.516. The third-order valence-corrected chi connectivity index (χ3v) is 2.01. The van der Waals surface area contributed by atoms with Gasteiger partial charge in [0.2, 0.25) is 0 Å². The van der Waals surface area contributed by atoms with E-state index < -0.39 is 0 Å². The number of rotatable bonds is 4. The van der Waals surface area contributed by atoms with Crippen LogP contribution in [0.3, 0.4) is 0 Å². The highest BCUT2D eigenvalue weighted by atomic mass is 127. The number of alkyl halides is 1. The summed E-state index contributed by atoms with van der Waals surface area (Å²) in [6.07, 6.45) is 4.15. The van der Waals surface area contributed by atoms with E-state index in [0.717, 1.165) is 5.92 Å². The van der Waals surface area contributed by atoms with Crippen molar-refractivity contribution in [3.8, 4) is 0 Å². The minimum atomic E-state index is 0.955. The van der Waals surface area contributed by atoms with Gasteiger partial charge in [0.25, 0.3) is 0 Å². The van der Waals surface area contributed by atoms with Gasteiger partial charge in [0.05, 0.1) is 0 Å². The van der Waals surface area contributed by atoms with E-state index in [1.54, 1.807) is 0 Å². The van der Waals surface area contributed by atoms with Crippen molar-refractivity contribution in [1.82, 2.24) is 0 Å². The molecule has 0 aliphatic carbocycles. The molecule has 0 saturated heterocycles. The van der Waals surface area contributed by atoms with Crippen molar-refractivity contribution in [2.75, 3.05) is 4.43 Å². The summed E-state index contributed by atoms with van der Waals surface area (Å²) in [7, 11) is 0. The Hall–Kier alpha value is 0.730. The van der Waals surface area contributed by atoms with E-state index in [-0.39, 0.29) is 0 Å². The summed E-state index contributed by atoms with van der Waals surface area (Å²) < 4.78 is 1.32. The van der Waals surface area contributed by atoms with Gasteiger partial charge in [0.1, 0.15) is 0 Å². The Kier molecular flexibility index (Phi) is 6.39. The van der Waals surface area contributed by atoms with Crippen LogP contribution in [0.25, 0.3) is 0 Å². The topological polar surface area (TPSA) is 0 Å². The van der Waals surface area contributed by atoms with Gasteiger partial charge in [-0.3, -0.25) is 0 Å². The monoisotopic (exact) mass is 226 g/mol. The molecule has 0 spiro atoms. The SMILES string of the molecule is CCC[C@@H](C)CCI. The second kappa shape index (κ2) is 5.86. The predicted octanol–water partition coefficient (Wildman–Crippen LogP) is 3.25. The molecule has 0 aliphatic heterocycles. The molecule has 0 nitrogen and oxygen atoms in total. The van der Waals surface area contributed by atoms with Gasteiger partial charge in [0.15, 0.2) is 0 Å². The van der Waals surface area contributed by atoms with Gasteiger partial charge in [-0.25, -0.2) is 0 Å². The van der Waals surface area contributed by atoms with Crippen molar-refractivity contribution < 1.29 is 0 Å². The zero-order chi connectivity index (χ0) is 6.41. The maximum atomic E-state index is 2.44. The van der Waals surface area contributed by atoms with Crippen LogP contribution < -0.4 is 0 Å². The maximum absolute atomic E-state index is 2.44. The van der Waals surface area contributed by atoms with E-state index >= 15 is 0 Å². The third kappa shape index (κ3) is 4.88. The first-order valence-electron chi connectivity index (χ1n) is 3.37. The minimum absolute atomic E-state index is 0.955. The summed E-state index contributed by atoms with van der Waals surface area (Å²) >= 11 is 2.44. The fraction of sp³-hybridized carbons (Fsp3) is 1.00. The molecule has 1 heteroatoms. The van der Waals surface area contributed by atoms with E-state index in [2.05, 4.69) is 36.4 Å². The van der Waals surface area contributed by atoms with Crippen LogP contribution >= 0.6 is 22.6 Å². The Balaban J connectivity index is 2.92. The second-order valence-electron chi connectivity index (χ2n) is 2.37. The van der Waals surface area contributed by atoms with Gasteiger partial charge in [-0.15, -0.1) is 0 Å². The molecule has 0 fully saturated rings. The molecule has 0 aromatic rings. The average Bonchev–Trinajstić information content (AvgIpc) is 1.68. The molecule has 0 aliphatic rings. The molecule has 0 N–H and O–H groups in total. The van der Waals surface area contributed by atoms with Crippen LogP contribution in [0.15, 0.2) is 0 Å². The first-order chi connectivity index (χ1) is 3.81. The highest BCUT2D eigenvalue weighted by Crippen LogP contribution is 2.10. The summed E-state index contributed by atoms with van der Waals surface area (Å²) in [5, 5.41) is 0. The highest BCUT2D eigenvalue weighted by Gasteiger charge is 1.96. The van der Waals surface area contributed by atoms with E-state index in [9.17, 15) is 0 Å². The van der Waals surface area contributed by atoms with Crippen LogP contribution in [0, 0.1) is 5.92 Å². The van der Waals surface area contributed by atoms with Gasteiger partial charge in [-0.1, -0.05) is 49.3 Å². The van der Waals surface area contributed by atoms with E-state index in [4.69, 9.17) is 0 Å². The van der Waals surface area contributed by atoms with Crippen molar-refractivity contribution >= 4 is 22.6 Å². The summed E-state index contributed by atoms with van der Waals surface area (Å²) in [4.78, 5) is 0. The van der Waals surface area contributed by atoms with Gasteiger partial charge >= 0.3 is 0 Å². The number of hydrogen-bond donors (Lipinski definition) is 0. The van der Waals surface area contributed by atoms with E-state index in [1.165, 1.54) is 23.7 Å². The largest absolute Gasteiger partial charge is 0.0864 e. The molecule has 0 rings (SSSR count). The molecule has 0 radical (unpaired) electrons. The molecular formula is C7H15I. The highest BCUT2D eigenvalue weighted by molar-refractivity contribution is 14.1. The standard InChI is InChI=1S/C7H15I/c1-3-4-7(2)5-6-8/h7H,3-6H2,1-2H3/t7-/m1/s1. The van der Waals surface area contributed by atoms with Crippen LogP contribution in [0.4, 0.5) is 0 Å². The van der Waals surface area contributed by atoms with Crippen LogP contribution in [0.2, 0.25) is 0 Å². The van der Waals surface area contributed by atoms with Gasteiger partial charge in [-0.05, 0) is 16.8 Å². The van der Waals surface area contributed by atoms with Crippen molar-refractivity contribution in [2.24, 2.45) is 5.92 Å². The van der Waals surface area contributed by atoms with Crippen LogP contribution in [0.5, 0.6) is 0 Å². The molecular weight excluding hydrogens is 211 g/mol. The molecule has 0 heterocycles. The minimum Gasteiger partial charge on any atom is -0.0864 e. The van der Waals surface area contributed by atoms with E-state index in [1.807, 2.05) is 0 Å². The Morgan fingerprint density at radius 3 is 2.38 bits per heavy atom. The maximum Gasteiger partial charge on any atom is -0.000219 e. The van der Waals surface area contributed by atoms with Gasteiger partial charge < -0.3 is 0 Å². The van der Waals surface area contributed by atoms with Crippen molar-refractivity contribution in [2.45, 2.75) is 33.1 Å². The first-order valence-corrected chi connectivity index (χ1v) is 4.89. The lowest BCUT2D eigenvalue weighted by Crippen LogP contribution is -1.92. The third-order valence-electron chi connectivity index (χ3n) is 1.38. The van der Waals surface area contributed by atoms with Gasteiger partial charge in [-0.2, -0.15) is 0 Å². The molecule has 8 heavy (non-hydrogen) atoms. The zero-order valence-electron chi connectivity index (χ0n) is 5.78. The number of halogens is 1. The summed E-state index contributed by atoms with van der Waals surface area (Å²) in [6.45, 7) is 4.59. The molecule has 0 amide bonds. The zero-order valence-corrected chi connectivity index (χ0v) is 7.94. The molecule has 0 saturated carbocycles. The Morgan fingerprint density at radius 2 is 2.00 bits per heavy atom. The average molecular weight is 226 g/mol. The Labute approximate surface area is 66.2 Å². The quantitative estimate of drug-likeness (QED) is 0.509. The van der Waals surface area contributed by atoms with Crippen molar-refractivity contribution in [1.29, 1.82) is 0 Å². The molecule has 0 bridgehead atoms. The second-order valence-corrected chi connectivity index (χ2v) is 3.45. The fourth-order valence-electron chi connectivity index (χ4n) is 0.823. The molecule has 0 aromatic carbocycles. The van der Waals surface area contributed by atoms with Gasteiger partial charge in [0, 0.05) is 0 Å². The summed E-state index contributed by atoms with van der Waals surface area (Å²) in [5.74, 6) is 0.955. The van der Waals surface area contributed by atoms with Crippen molar-refractivity contribution in [3.05, 3.63) is 0 Å². The molecule has 0 aromatic heterocycles. The van der Waals surface area contributed by atoms with Crippen molar-refractivity contribution in [3.63, 3.8) is 0 Å². The lowest BCUT2D eigenvalue weighted by atomic mass is 10.0. The number of hydrogen-bond acceptors (Lipinski definition) is 0.